The van der Waals surface area contributed by atoms with Crippen molar-refractivity contribution in [2.45, 2.75) is 19.6 Å². The Kier molecular flexibility index (Phi) is 5.96. The fourth-order valence-electron chi connectivity index (χ4n) is 2.80. The van der Waals surface area contributed by atoms with E-state index >= 15 is 0 Å². The van der Waals surface area contributed by atoms with Gasteiger partial charge >= 0.3 is 0 Å². The normalized spacial score (nSPS) is 10.7. The Morgan fingerprint density at radius 2 is 1.62 bits per heavy atom. The minimum absolute atomic E-state index is 0.243. The first-order valence-electron chi connectivity index (χ1n) is 8.18. The zero-order valence-corrected chi connectivity index (χ0v) is 14.8. The summed E-state index contributed by atoms with van der Waals surface area (Å²) in [7, 11) is 0. The molecule has 0 saturated carbocycles. The van der Waals surface area contributed by atoms with E-state index < -0.39 is 0 Å². The largest absolute Gasteiger partial charge is 0.291 e. The summed E-state index contributed by atoms with van der Waals surface area (Å²) < 4.78 is 13.5. The van der Waals surface area contributed by atoms with E-state index in [0.29, 0.717) is 30.4 Å². The molecular weight excluding hydrogens is 349 g/mol. The molecule has 0 atom stereocenters. The molecule has 26 heavy (non-hydrogen) atoms. The van der Waals surface area contributed by atoms with Gasteiger partial charge in [-0.15, -0.1) is 0 Å². The summed E-state index contributed by atoms with van der Waals surface area (Å²) in [6.07, 6.45) is 1.68. The highest BCUT2D eigenvalue weighted by Gasteiger charge is 2.10. The lowest BCUT2D eigenvalue weighted by Crippen LogP contribution is -2.22. The Morgan fingerprint density at radius 1 is 0.923 bits per heavy atom. The maximum Gasteiger partial charge on any atom is 0.129 e. The zero-order valence-electron chi connectivity index (χ0n) is 14.1. The molecule has 0 bridgehead atoms. The van der Waals surface area contributed by atoms with Gasteiger partial charge in [-0.25, -0.2) is 9.37 Å². The predicted molar refractivity (Wildman–Crippen MR) is 99.8 cm³/mol. The average molecular weight is 366 g/mol. The van der Waals surface area contributed by atoms with Gasteiger partial charge in [-0.2, -0.15) is 5.26 Å². The number of nitrogens with zero attached hydrogens (tertiary/aromatic N) is 3. The fraction of sp³-hybridized carbons (Fsp3) is 0.143. The minimum atomic E-state index is -0.243. The van der Waals surface area contributed by atoms with Crippen molar-refractivity contribution in [1.29, 1.82) is 5.26 Å². The molecule has 3 aromatic rings. The predicted octanol–water partition coefficient (Wildman–Crippen LogP) is 4.95. The van der Waals surface area contributed by atoms with E-state index in [0.717, 1.165) is 16.7 Å². The van der Waals surface area contributed by atoms with E-state index in [9.17, 15) is 4.39 Å². The Hall–Kier alpha value is -2.74. The van der Waals surface area contributed by atoms with Gasteiger partial charge < -0.3 is 0 Å². The fourth-order valence-corrected chi connectivity index (χ4v) is 3.00. The standard InChI is InChI=1S/C21H17ClFN3/c22-21-11-19(8-9-25-21)15-26(14-18-2-1-3-20(23)10-18)13-17-6-4-16(12-24)5-7-17/h1-11H,13-15H2. The van der Waals surface area contributed by atoms with Gasteiger partial charge in [-0.1, -0.05) is 35.9 Å². The Balaban J connectivity index is 1.81. The molecule has 0 aliphatic heterocycles. The van der Waals surface area contributed by atoms with E-state index in [4.69, 9.17) is 16.9 Å². The monoisotopic (exact) mass is 365 g/mol. The zero-order chi connectivity index (χ0) is 18.4. The first-order chi connectivity index (χ1) is 12.6. The lowest BCUT2D eigenvalue weighted by Gasteiger charge is -2.23. The molecule has 0 amide bonds. The SMILES string of the molecule is N#Cc1ccc(CN(Cc2cccc(F)c2)Cc2ccnc(Cl)c2)cc1. The van der Waals surface area contributed by atoms with Gasteiger partial charge in [0.15, 0.2) is 0 Å². The summed E-state index contributed by atoms with van der Waals surface area (Å²) in [4.78, 5) is 6.21. The molecule has 0 N–H and O–H groups in total. The minimum Gasteiger partial charge on any atom is -0.291 e. The van der Waals surface area contributed by atoms with Crippen molar-refractivity contribution in [3.63, 3.8) is 0 Å². The highest BCUT2D eigenvalue weighted by molar-refractivity contribution is 6.29. The molecule has 3 rings (SSSR count). The highest BCUT2D eigenvalue weighted by Crippen LogP contribution is 2.17. The van der Waals surface area contributed by atoms with Crippen LogP contribution in [0.5, 0.6) is 0 Å². The summed E-state index contributed by atoms with van der Waals surface area (Å²) in [6, 6.07) is 20.0. The van der Waals surface area contributed by atoms with E-state index in [1.54, 1.807) is 30.5 Å². The van der Waals surface area contributed by atoms with Gasteiger partial charge in [0.05, 0.1) is 11.6 Å². The van der Waals surface area contributed by atoms with Crippen LogP contribution in [-0.4, -0.2) is 9.88 Å². The summed E-state index contributed by atoms with van der Waals surface area (Å²) in [5.41, 5.74) is 3.65. The van der Waals surface area contributed by atoms with E-state index in [1.807, 2.05) is 30.3 Å². The Morgan fingerprint density at radius 3 is 2.27 bits per heavy atom. The first-order valence-corrected chi connectivity index (χ1v) is 8.56. The number of benzene rings is 2. The van der Waals surface area contributed by atoms with Crippen LogP contribution < -0.4 is 0 Å². The second-order valence-electron chi connectivity index (χ2n) is 6.07. The molecular formula is C21H17ClFN3. The highest BCUT2D eigenvalue weighted by atomic mass is 35.5. The van der Waals surface area contributed by atoms with Crippen molar-refractivity contribution in [2.24, 2.45) is 0 Å². The molecule has 1 aromatic heterocycles. The third-order valence-electron chi connectivity index (χ3n) is 3.98. The smallest absolute Gasteiger partial charge is 0.129 e. The van der Waals surface area contributed by atoms with E-state index in [2.05, 4.69) is 16.0 Å². The van der Waals surface area contributed by atoms with E-state index in [-0.39, 0.29) is 5.82 Å². The average Bonchev–Trinajstić information content (AvgIpc) is 2.62. The molecule has 0 unspecified atom stereocenters. The molecule has 5 heteroatoms. The van der Waals surface area contributed by atoms with Gasteiger partial charge in [0.1, 0.15) is 11.0 Å². The molecule has 0 spiro atoms. The third-order valence-corrected chi connectivity index (χ3v) is 4.19. The summed E-state index contributed by atoms with van der Waals surface area (Å²) >= 11 is 5.99. The van der Waals surface area contributed by atoms with Crippen LogP contribution >= 0.6 is 11.6 Å². The molecule has 0 aliphatic carbocycles. The first kappa shape index (κ1) is 18.1. The summed E-state index contributed by atoms with van der Waals surface area (Å²) in [5.74, 6) is -0.243. The lowest BCUT2D eigenvalue weighted by atomic mass is 10.1. The van der Waals surface area contributed by atoms with Crippen molar-refractivity contribution in [3.8, 4) is 6.07 Å². The van der Waals surface area contributed by atoms with Gasteiger partial charge in [0, 0.05) is 25.8 Å². The van der Waals surface area contributed by atoms with E-state index in [1.165, 1.54) is 6.07 Å². The van der Waals surface area contributed by atoms with Crippen LogP contribution in [0.15, 0.2) is 66.9 Å². The molecule has 3 nitrogen and oxygen atoms in total. The van der Waals surface area contributed by atoms with Crippen molar-refractivity contribution < 1.29 is 4.39 Å². The molecule has 0 saturated heterocycles. The molecule has 0 aliphatic rings. The van der Waals surface area contributed by atoms with Crippen molar-refractivity contribution in [2.75, 3.05) is 0 Å². The van der Waals surface area contributed by atoms with Gasteiger partial charge in [0.2, 0.25) is 0 Å². The maximum atomic E-state index is 13.5. The van der Waals surface area contributed by atoms with Gasteiger partial charge in [-0.05, 0) is 53.1 Å². The third kappa shape index (κ3) is 5.13. The van der Waals surface area contributed by atoms with Gasteiger partial charge in [0.25, 0.3) is 0 Å². The van der Waals surface area contributed by atoms with Crippen molar-refractivity contribution in [1.82, 2.24) is 9.88 Å². The number of aromatic nitrogens is 1. The summed E-state index contributed by atoms with van der Waals surface area (Å²) in [6.45, 7) is 1.92. The molecule has 2 aromatic carbocycles. The Labute approximate surface area is 157 Å². The van der Waals surface area contributed by atoms with Crippen LogP contribution in [-0.2, 0) is 19.6 Å². The number of hydrogen-bond donors (Lipinski definition) is 0. The van der Waals surface area contributed by atoms with Crippen LogP contribution in [0.1, 0.15) is 22.3 Å². The number of hydrogen-bond acceptors (Lipinski definition) is 3. The molecule has 0 radical (unpaired) electrons. The summed E-state index contributed by atoms with van der Waals surface area (Å²) in [5, 5.41) is 9.39. The number of nitriles is 1. The van der Waals surface area contributed by atoms with Gasteiger partial charge in [-0.3, -0.25) is 4.90 Å². The topological polar surface area (TPSA) is 39.9 Å². The second-order valence-corrected chi connectivity index (χ2v) is 6.46. The quantitative estimate of drug-likeness (QED) is 0.580. The van der Waals surface area contributed by atoms with Crippen LogP contribution in [0.25, 0.3) is 0 Å². The molecule has 0 fully saturated rings. The number of halogens is 2. The number of rotatable bonds is 6. The molecule has 1 heterocycles. The number of pyridine rings is 1. The van der Waals surface area contributed by atoms with Crippen LogP contribution in [0.4, 0.5) is 4.39 Å². The lowest BCUT2D eigenvalue weighted by molar-refractivity contribution is 0.247. The van der Waals surface area contributed by atoms with Crippen LogP contribution in [0, 0.1) is 17.1 Å². The van der Waals surface area contributed by atoms with Crippen LogP contribution in [0.2, 0.25) is 5.15 Å². The Bertz CT molecular complexity index is 872. The van der Waals surface area contributed by atoms with Crippen molar-refractivity contribution >= 4 is 11.6 Å². The van der Waals surface area contributed by atoms with Crippen LogP contribution in [0.3, 0.4) is 0 Å². The maximum absolute atomic E-state index is 13.5. The van der Waals surface area contributed by atoms with Crippen molar-refractivity contribution in [3.05, 3.63) is 100 Å². The molecule has 130 valence electrons. The second kappa shape index (κ2) is 8.57.